The molecule has 114 valence electrons. The van der Waals surface area contributed by atoms with Gasteiger partial charge in [0.25, 0.3) is 0 Å². The third-order valence-corrected chi connectivity index (χ3v) is 3.53. The van der Waals surface area contributed by atoms with Crippen molar-refractivity contribution in [1.82, 2.24) is 0 Å². The molecule has 1 aromatic heterocycles. The molecule has 0 spiro atoms. The topological polar surface area (TPSA) is 50.4 Å². The van der Waals surface area contributed by atoms with Gasteiger partial charge < -0.3 is 9.52 Å². The van der Waals surface area contributed by atoms with Crippen LogP contribution in [0, 0.1) is 0 Å². The number of rotatable bonds is 4. The Morgan fingerprint density at radius 2 is 1.91 bits per heavy atom. The minimum Gasteiger partial charge on any atom is -0.508 e. The van der Waals surface area contributed by atoms with E-state index in [1.165, 1.54) is 18.2 Å². The van der Waals surface area contributed by atoms with Gasteiger partial charge in [-0.25, -0.2) is 0 Å². The lowest BCUT2D eigenvalue weighted by molar-refractivity contribution is 0.104. The van der Waals surface area contributed by atoms with Crippen LogP contribution in [-0.4, -0.2) is 10.9 Å². The van der Waals surface area contributed by atoms with Crippen molar-refractivity contribution < 1.29 is 14.3 Å². The highest BCUT2D eigenvalue weighted by Crippen LogP contribution is 2.32. The number of hydrogen-bond donors (Lipinski definition) is 1. The van der Waals surface area contributed by atoms with Crippen molar-refractivity contribution in [3.8, 4) is 5.75 Å². The Labute approximate surface area is 134 Å². The summed E-state index contributed by atoms with van der Waals surface area (Å²) in [6.45, 7) is 5.66. The second-order valence-electron chi connectivity index (χ2n) is 5.38. The van der Waals surface area contributed by atoms with E-state index < -0.39 is 0 Å². The van der Waals surface area contributed by atoms with Crippen LogP contribution in [0.3, 0.4) is 0 Å². The van der Waals surface area contributed by atoms with Crippen molar-refractivity contribution in [2.45, 2.75) is 6.92 Å². The maximum absolute atomic E-state index is 12.7. The summed E-state index contributed by atoms with van der Waals surface area (Å²) in [7, 11) is 0. The van der Waals surface area contributed by atoms with Crippen molar-refractivity contribution >= 4 is 28.4 Å². The number of phenols is 1. The summed E-state index contributed by atoms with van der Waals surface area (Å²) >= 11 is 0. The van der Waals surface area contributed by atoms with Crippen molar-refractivity contribution in [3.05, 3.63) is 78.1 Å². The summed E-state index contributed by atoms with van der Waals surface area (Å²) < 4.78 is 5.70. The van der Waals surface area contributed by atoms with E-state index in [9.17, 15) is 9.90 Å². The zero-order valence-corrected chi connectivity index (χ0v) is 12.7. The maximum Gasteiger partial charge on any atom is 0.190 e. The lowest BCUT2D eigenvalue weighted by Gasteiger charge is -1.98. The molecular formula is C20H16O3. The van der Waals surface area contributed by atoms with E-state index in [1.54, 1.807) is 19.1 Å². The standard InChI is InChI=1S/C20H16O3/c1-13(2)20-19(16-10-9-15(21)12-18(16)23-20)17(22)11-8-14-6-4-3-5-7-14/h3-12,21H,1H2,2H3. The van der Waals surface area contributed by atoms with E-state index in [0.717, 1.165) is 5.56 Å². The number of phenolic OH excluding ortho intramolecular Hbond substituents is 1. The van der Waals surface area contributed by atoms with E-state index in [-0.39, 0.29) is 11.5 Å². The zero-order chi connectivity index (χ0) is 16.4. The fourth-order valence-electron chi connectivity index (χ4n) is 2.45. The molecule has 23 heavy (non-hydrogen) atoms. The van der Waals surface area contributed by atoms with Crippen LogP contribution in [0.4, 0.5) is 0 Å². The van der Waals surface area contributed by atoms with Crippen LogP contribution in [0.2, 0.25) is 0 Å². The molecule has 3 heteroatoms. The predicted molar refractivity (Wildman–Crippen MR) is 92.4 cm³/mol. The first-order valence-corrected chi connectivity index (χ1v) is 7.25. The third kappa shape index (κ3) is 2.94. The van der Waals surface area contributed by atoms with Crippen LogP contribution < -0.4 is 0 Å². The molecule has 0 fully saturated rings. The van der Waals surface area contributed by atoms with E-state index in [4.69, 9.17) is 4.42 Å². The first-order chi connectivity index (χ1) is 11.1. The fourth-order valence-corrected chi connectivity index (χ4v) is 2.45. The number of benzene rings is 2. The number of fused-ring (bicyclic) bond motifs is 1. The predicted octanol–water partition coefficient (Wildman–Crippen LogP) is 5.07. The van der Waals surface area contributed by atoms with Gasteiger partial charge in [0.15, 0.2) is 5.78 Å². The summed E-state index contributed by atoms with van der Waals surface area (Å²) in [5.74, 6) is 0.392. The number of hydrogen-bond acceptors (Lipinski definition) is 3. The van der Waals surface area contributed by atoms with E-state index >= 15 is 0 Å². The van der Waals surface area contributed by atoms with Gasteiger partial charge in [0.2, 0.25) is 0 Å². The molecule has 3 rings (SSSR count). The molecule has 0 bridgehead atoms. The molecular weight excluding hydrogens is 288 g/mol. The fraction of sp³-hybridized carbons (Fsp3) is 0.0500. The zero-order valence-electron chi connectivity index (χ0n) is 12.7. The average molecular weight is 304 g/mol. The van der Waals surface area contributed by atoms with Gasteiger partial charge in [-0.05, 0) is 36.3 Å². The SMILES string of the molecule is C=C(C)c1oc2cc(O)ccc2c1C(=O)C=Cc1ccccc1. The smallest absolute Gasteiger partial charge is 0.190 e. The lowest BCUT2D eigenvalue weighted by atomic mass is 10.0. The van der Waals surface area contributed by atoms with Crippen LogP contribution in [-0.2, 0) is 0 Å². The van der Waals surface area contributed by atoms with E-state index in [1.807, 2.05) is 30.3 Å². The van der Waals surface area contributed by atoms with Gasteiger partial charge in [0, 0.05) is 11.5 Å². The third-order valence-electron chi connectivity index (χ3n) is 3.53. The van der Waals surface area contributed by atoms with Crippen LogP contribution in [0.15, 0.2) is 65.6 Å². The summed E-state index contributed by atoms with van der Waals surface area (Å²) in [4.78, 5) is 12.7. The van der Waals surface area contributed by atoms with Gasteiger partial charge in [-0.2, -0.15) is 0 Å². The Kier molecular flexibility index (Phi) is 3.85. The second-order valence-corrected chi connectivity index (χ2v) is 5.38. The molecule has 1 N–H and O–H groups in total. The number of carbonyl (C=O) groups excluding carboxylic acids is 1. The summed E-state index contributed by atoms with van der Waals surface area (Å²) in [5.41, 5.74) is 2.56. The Bertz CT molecular complexity index is 915. The number of carbonyl (C=O) groups is 1. The van der Waals surface area contributed by atoms with Crippen molar-refractivity contribution in [2.24, 2.45) is 0 Å². The highest BCUT2D eigenvalue weighted by Gasteiger charge is 2.19. The van der Waals surface area contributed by atoms with Crippen molar-refractivity contribution in [3.63, 3.8) is 0 Å². The molecule has 0 saturated heterocycles. The molecule has 3 nitrogen and oxygen atoms in total. The Balaban J connectivity index is 2.07. The number of furan rings is 1. The number of ketones is 1. The van der Waals surface area contributed by atoms with Crippen molar-refractivity contribution in [1.29, 1.82) is 0 Å². The van der Waals surface area contributed by atoms with Crippen molar-refractivity contribution in [2.75, 3.05) is 0 Å². The second kappa shape index (κ2) is 5.97. The van der Waals surface area contributed by atoms with Crippen LogP contribution >= 0.6 is 0 Å². The molecule has 0 aliphatic rings. The van der Waals surface area contributed by atoms with Gasteiger partial charge in [-0.3, -0.25) is 4.79 Å². The van der Waals surface area contributed by atoms with Gasteiger partial charge in [0.1, 0.15) is 17.1 Å². The van der Waals surface area contributed by atoms with Crippen LogP contribution in [0.5, 0.6) is 5.75 Å². The van der Waals surface area contributed by atoms with Crippen LogP contribution in [0.25, 0.3) is 22.6 Å². The number of aromatic hydroxyl groups is 1. The van der Waals surface area contributed by atoms with E-state index in [0.29, 0.717) is 27.9 Å². The summed E-state index contributed by atoms with van der Waals surface area (Å²) in [5, 5.41) is 10.2. The Morgan fingerprint density at radius 3 is 2.61 bits per heavy atom. The molecule has 3 aromatic rings. The minimum absolute atomic E-state index is 0.0957. The van der Waals surface area contributed by atoms with Gasteiger partial charge >= 0.3 is 0 Å². The molecule has 0 aliphatic carbocycles. The first-order valence-electron chi connectivity index (χ1n) is 7.25. The average Bonchev–Trinajstić information content (AvgIpc) is 2.92. The highest BCUT2D eigenvalue weighted by molar-refractivity contribution is 6.16. The molecule has 2 aromatic carbocycles. The molecule has 0 amide bonds. The minimum atomic E-state index is -0.156. The molecule has 1 heterocycles. The summed E-state index contributed by atoms with van der Waals surface area (Å²) in [6, 6.07) is 14.3. The quantitative estimate of drug-likeness (QED) is 0.541. The van der Waals surface area contributed by atoms with E-state index in [2.05, 4.69) is 6.58 Å². The molecule has 0 saturated carbocycles. The molecule has 0 radical (unpaired) electrons. The van der Waals surface area contributed by atoms with Gasteiger partial charge in [0.05, 0.1) is 5.56 Å². The summed E-state index contributed by atoms with van der Waals surface area (Å²) in [6.07, 6.45) is 3.29. The molecule has 0 unspecified atom stereocenters. The van der Waals surface area contributed by atoms with Gasteiger partial charge in [-0.15, -0.1) is 0 Å². The lowest BCUT2D eigenvalue weighted by Crippen LogP contribution is -1.96. The van der Waals surface area contributed by atoms with Crippen LogP contribution in [0.1, 0.15) is 28.6 Å². The molecule has 0 atom stereocenters. The maximum atomic E-state index is 12.7. The molecule has 0 aliphatic heterocycles. The largest absolute Gasteiger partial charge is 0.508 e. The van der Waals surface area contributed by atoms with Gasteiger partial charge in [-0.1, -0.05) is 43.0 Å². The monoisotopic (exact) mass is 304 g/mol. The Hall–Kier alpha value is -3.07. The first kappa shape index (κ1) is 14.9. The number of allylic oxidation sites excluding steroid dienone is 2. The highest BCUT2D eigenvalue weighted by atomic mass is 16.3. The Morgan fingerprint density at radius 1 is 1.17 bits per heavy atom. The normalized spacial score (nSPS) is 11.2.